The van der Waals surface area contributed by atoms with Gasteiger partial charge in [0.05, 0.1) is 12.7 Å². The van der Waals surface area contributed by atoms with Gasteiger partial charge in [0.15, 0.2) is 5.69 Å². The van der Waals surface area contributed by atoms with Gasteiger partial charge < -0.3 is 10.6 Å². The van der Waals surface area contributed by atoms with Crippen LogP contribution in [0.5, 0.6) is 0 Å². The lowest BCUT2D eigenvalue weighted by atomic mass is 10.4. The van der Waals surface area contributed by atoms with Gasteiger partial charge in [0, 0.05) is 6.04 Å². The van der Waals surface area contributed by atoms with Gasteiger partial charge in [-0.15, -0.1) is 0 Å². The molecule has 0 unspecified atom stereocenters. The Morgan fingerprint density at radius 1 is 1.53 bits per heavy atom. The van der Waals surface area contributed by atoms with Crippen LogP contribution in [0.1, 0.15) is 24.3 Å². The van der Waals surface area contributed by atoms with Gasteiger partial charge in [-0.3, -0.25) is 9.59 Å². The second-order valence-electron chi connectivity index (χ2n) is 3.26. The van der Waals surface area contributed by atoms with Gasteiger partial charge in [0.1, 0.15) is 0 Å². The zero-order valence-corrected chi connectivity index (χ0v) is 8.57. The standard InChI is InChI=1S/C8H13N5O2/c1-5(2)11-7(14)4-9-8(15)6-3-10-13-12-6/h3,5H,4H2,1-2H3,(H,9,15)(H,11,14)(H,10,12,13). The van der Waals surface area contributed by atoms with Crippen molar-refractivity contribution in [3.05, 3.63) is 11.9 Å². The van der Waals surface area contributed by atoms with Crippen LogP contribution in [0.25, 0.3) is 0 Å². The van der Waals surface area contributed by atoms with Gasteiger partial charge in [0.25, 0.3) is 5.91 Å². The highest BCUT2D eigenvalue weighted by Gasteiger charge is 2.10. The Hall–Kier alpha value is -1.92. The number of nitrogens with zero attached hydrogens (tertiary/aromatic N) is 2. The second kappa shape index (κ2) is 5.08. The Morgan fingerprint density at radius 3 is 2.80 bits per heavy atom. The monoisotopic (exact) mass is 211 g/mol. The summed E-state index contributed by atoms with van der Waals surface area (Å²) in [6, 6.07) is 0.0569. The van der Waals surface area contributed by atoms with Crippen molar-refractivity contribution in [2.45, 2.75) is 19.9 Å². The first kappa shape index (κ1) is 11.2. The minimum absolute atomic E-state index is 0.0569. The first-order valence-corrected chi connectivity index (χ1v) is 4.53. The Kier molecular flexibility index (Phi) is 3.78. The smallest absolute Gasteiger partial charge is 0.273 e. The van der Waals surface area contributed by atoms with E-state index in [1.165, 1.54) is 6.20 Å². The molecule has 0 aliphatic heterocycles. The van der Waals surface area contributed by atoms with Crippen molar-refractivity contribution in [3.8, 4) is 0 Å². The van der Waals surface area contributed by atoms with Gasteiger partial charge in [-0.05, 0) is 13.8 Å². The fraction of sp³-hybridized carbons (Fsp3) is 0.500. The number of aromatic nitrogens is 3. The molecule has 0 aromatic carbocycles. The molecule has 1 aromatic rings. The quantitative estimate of drug-likeness (QED) is 0.598. The van der Waals surface area contributed by atoms with E-state index in [0.717, 1.165) is 0 Å². The van der Waals surface area contributed by atoms with Gasteiger partial charge >= 0.3 is 0 Å². The average Bonchev–Trinajstić information content (AvgIpc) is 2.65. The summed E-state index contributed by atoms with van der Waals surface area (Å²) in [7, 11) is 0. The molecule has 7 heteroatoms. The number of H-pyrrole nitrogens is 1. The van der Waals surface area contributed by atoms with E-state index in [4.69, 9.17) is 0 Å². The van der Waals surface area contributed by atoms with E-state index in [9.17, 15) is 9.59 Å². The number of aromatic amines is 1. The molecule has 15 heavy (non-hydrogen) atoms. The summed E-state index contributed by atoms with van der Waals surface area (Å²) in [6.07, 6.45) is 1.29. The SMILES string of the molecule is CC(C)NC(=O)CNC(=O)c1cn[nH]n1. The van der Waals surface area contributed by atoms with Crippen LogP contribution in [0.15, 0.2) is 6.20 Å². The van der Waals surface area contributed by atoms with Gasteiger partial charge in [-0.1, -0.05) is 0 Å². The van der Waals surface area contributed by atoms with Crippen LogP contribution in [0.3, 0.4) is 0 Å². The number of carbonyl (C=O) groups excluding carboxylic acids is 2. The highest BCUT2D eigenvalue weighted by atomic mass is 16.2. The van der Waals surface area contributed by atoms with Gasteiger partial charge in [-0.2, -0.15) is 15.4 Å². The largest absolute Gasteiger partial charge is 0.352 e. The van der Waals surface area contributed by atoms with E-state index in [1.54, 1.807) is 0 Å². The van der Waals surface area contributed by atoms with Crippen molar-refractivity contribution in [3.63, 3.8) is 0 Å². The summed E-state index contributed by atoms with van der Waals surface area (Å²) >= 11 is 0. The highest BCUT2D eigenvalue weighted by molar-refractivity contribution is 5.94. The van der Waals surface area contributed by atoms with Gasteiger partial charge in [0.2, 0.25) is 5.91 Å². The fourth-order valence-electron chi connectivity index (χ4n) is 0.935. The Balaban J connectivity index is 2.32. The van der Waals surface area contributed by atoms with Crippen LogP contribution in [0.4, 0.5) is 0 Å². The zero-order valence-electron chi connectivity index (χ0n) is 8.57. The predicted octanol–water partition coefficient (Wildman–Crippen LogP) is -0.941. The van der Waals surface area contributed by atoms with Crippen LogP contribution in [0, 0.1) is 0 Å². The van der Waals surface area contributed by atoms with Gasteiger partial charge in [-0.25, -0.2) is 0 Å². The molecule has 7 nitrogen and oxygen atoms in total. The highest BCUT2D eigenvalue weighted by Crippen LogP contribution is 1.87. The molecule has 0 atom stereocenters. The summed E-state index contributed by atoms with van der Waals surface area (Å²) < 4.78 is 0. The number of amides is 2. The summed E-state index contributed by atoms with van der Waals surface area (Å²) in [5, 5.41) is 14.4. The first-order chi connectivity index (χ1) is 7.09. The molecule has 0 aliphatic carbocycles. The molecule has 0 spiro atoms. The van der Waals surface area contributed by atoms with Crippen molar-refractivity contribution in [1.82, 2.24) is 26.0 Å². The summed E-state index contributed by atoms with van der Waals surface area (Å²) in [6.45, 7) is 3.62. The number of nitrogens with one attached hydrogen (secondary N) is 3. The normalized spacial score (nSPS) is 10.1. The van der Waals surface area contributed by atoms with E-state index in [2.05, 4.69) is 26.0 Å². The summed E-state index contributed by atoms with van der Waals surface area (Å²) in [5.41, 5.74) is 0.160. The number of hydrogen-bond acceptors (Lipinski definition) is 4. The lowest BCUT2D eigenvalue weighted by Gasteiger charge is -2.08. The number of carbonyl (C=O) groups is 2. The first-order valence-electron chi connectivity index (χ1n) is 4.53. The number of rotatable bonds is 4. The van der Waals surface area contributed by atoms with E-state index in [1.807, 2.05) is 13.8 Å². The third-order valence-corrected chi connectivity index (χ3v) is 1.51. The molecule has 0 aliphatic rings. The van der Waals surface area contributed by atoms with Crippen LogP contribution in [0.2, 0.25) is 0 Å². The minimum atomic E-state index is -0.428. The molecule has 0 saturated heterocycles. The Morgan fingerprint density at radius 2 is 2.27 bits per heavy atom. The van der Waals surface area contributed by atoms with E-state index >= 15 is 0 Å². The van der Waals surface area contributed by atoms with Crippen molar-refractivity contribution in [1.29, 1.82) is 0 Å². The molecule has 2 amide bonds. The van der Waals surface area contributed by atoms with E-state index in [0.29, 0.717) is 0 Å². The molecule has 82 valence electrons. The average molecular weight is 211 g/mol. The molecular weight excluding hydrogens is 198 g/mol. The fourth-order valence-corrected chi connectivity index (χ4v) is 0.935. The van der Waals surface area contributed by atoms with Crippen LogP contribution < -0.4 is 10.6 Å². The second-order valence-corrected chi connectivity index (χ2v) is 3.26. The Labute approximate surface area is 86.6 Å². The van der Waals surface area contributed by atoms with Crippen molar-refractivity contribution < 1.29 is 9.59 Å². The lowest BCUT2D eigenvalue weighted by Crippen LogP contribution is -2.39. The minimum Gasteiger partial charge on any atom is -0.352 e. The van der Waals surface area contributed by atoms with E-state index in [-0.39, 0.29) is 24.2 Å². The topological polar surface area (TPSA) is 99.8 Å². The molecule has 0 bridgehead atoms. The van der Waals surface area contributed by atoms with Crippen molar-refractivity contribution in [2.75, 3.05) is 6.54 Å². The summed E-state index contributed by atoms with van der Waals surface area (Å²) in [5.74, 6) is -0.662. The maximum absolute atomic E-state index is 11.3. The predicted molar refractivity (Wildman–Crippen MR) is 52.0 cm³/mol. The molecule has 1 heterocycles. The molecule has 0 saturated carbocycles. The maximum atomic E-state index is 11.3. The molecule has 0 fully saturated rings. The van der Waals surface area contributed by atoms with Crippen molar-refractivity contribution in [2.24, 2.45) is 0 Å². The maximum Gasteiger partial charge on any atom is 0.273 e. The molecule has 3 N–H and O–H groups in total. The van der Waals surface area contributed by atoms with Crippen molar-refractivity contribution >= 4 is 11.8 Å². The zero-order chi connectivity index (χ0) is 11.3. The molecule has 1 aromatic heterocycles. The third kappa shape index (κ3) is 3.75. The molecular formula is C8H13N5O2. The Bertz CT molecular complexity index is 333. The van der Waals surface area contributed by atoms with E-state index < -0.39 is 5.91 Å². The van der Waals surface area contributed by atoms with Crippen LogP contribution in [-0.4, -0.2) is 39.8 Å². The molecule has 0 radical (unpaired) electrons. The van der Waals surface area contributed by atoms with Crippen LogP contribution >= 0.6 is 0 Å². The number of hydrogen-bond donors (Lipinski definition) is 3. The van der Waals surface area contributed by atoms with Crippen LogP contribution in [-0.2, 0) is 4.79 Å². The third-order valence-electron chi connectivity index (χ3n) is 1.51. The molecule has 1 rings (SSSR count). The summed E-state index contributed by atoms with van der Waals surface area (Å²) in [4.78, 5) is 22.4. The lowest BCUT2D eigenvalue weighted by molar-refractivity contribution is -0.120.